The number of pyridine rings is 1. The third kappa shape index (κ3) is 2.81. The molecule has 0 aromatic carbocycles. The molecule has 0 unspecified atom stereocenters. The fraction of sp³-hybridized carbons (Fsp3) is 0.375. The molecule has 7 heteroatoms. The van der Waals surface area contributed by atoms with E-state index in [4.69, 9.17) is 0 Å². The molecule has 0 bridgehead atoms. The van der Waals surface area contributed by atoms with Crippen LogP contribution in [0.3, 0.4) is 0 Å². The molecule has 0 aliphatic rings. The van der Waals surface area contributed by atoms with E-state index in [-0.39, 0.29) is 11.9 Å². The molecule has 3 rings (SSSR count). The van der Waals surface area contributed by atoms with Gasteiger partial charge in [-0.15, -0.1) is 0 Å². The number of aryl methyl sites for hydroxylation is 2. The second-order valence-corrected chi connectivity index (χ2v) is 5.74. The van der Waals surface area contributed by atoms with E-state index in [9.17, 15) is 4.79 Å². The highest BCUT2D eigenvalue weighted by molar-refractivity contribution is 5.82. The molecule has 3 aromatic rings. The van der Waals surface area contributed by atoms with Crippen LogP contribution < -0.4 is 5.32 Å². The van der Waals surface area contributed by atoms with Crippen LogP contribution in [0, 0.1) is 6.92 Å². The van der Waals surface area contributed by atoms with Crippen molar-refractivity contribution in [3.05, 3.63) is 42.0 Å². The number of carbonyl (C=O) groups is 1. The minimum absolute atomic E-state index is 0.0762. The molecule has 120 valence electrons. The fourth-order valence-electron chi connectivity index (χ4n) is 2.59. The van der Waals surface area contributed by atoms with E-state index in [1.807, 2.05) is 46.1 Å². The molecule has 0 saturated carbocycles. The standard InChI is InChI=1S/C16H20N6O/c1-10(13-5-7-17-8-6-13)18-16(23)12(3)22-9-14-15(20-22)11(2)19-21(14)4/h5-10,12H,1-4H3,(H,18,23)/t10-,12+/m0/s1. The number of aromatic nitrogens is 5. The van der Waals surface area contributed by atoms with E-state index in [0.29, 0.717) is 0 Å². The summed E-state index contributed by atoms with van der Waals surface area (Å²) in [5.41, 5.74) is 3.63. The molecule has 0 radical (unpaired) electrons. The highest BCUT2D eigenvalue weighted by atomic mass is 16.2. The van der Waals surface area contributed by atoms with Crippen LogP contribution in [0.25, 0.3) is 11.0 Å². The fourth-order valence-corrected chi connectivity index (χ4v) is 2.59. The Morgan fingerprint density at radius 2 is 1.91 bits per heavy atom. The van der Waals surface area contributed by atoms with E-state index in [1.54, 1.807) is 21.8 Å². The van der Waals surface area contributed by atoms with Gasteiger partial charge in [-0.3, -0.25) is 19.1 Å². The van der Waals surface area contributed by atoms with Gasteiger partial charge < -0.3 is 5.32 Å². The van der Waals surface area contributed by atoms with Crippen molar-refractivity contribution in [3.63, 3.8) is 0 Å². The summed E-state index contributed by atoms with van der Waals surface area (Å²) in [5, 5.41) is 11.8. The van der Waals surface area contributed by atoms with Crippen molar-refractivity contribution in [1.29, 1.82) is 0 Å². The van der Waals surface area contributed by atoms with Crippen molar-refractivity contribution in [1.82, 2.24) is 29.9 Å². The Labute approximate surface area is 134 Å². The van der Waals surface area contributed by atoms with Gasteiger partial charge in [-0.05, 0) is 38.5 Å². The summed E-state index contributed by atoms with van der Waals surface area (Å²) in [6.07, 6.45) is 5.30. The minimum Gasteiger partial charge on any atom is -0.348 e. The Kier molecular flexibility index (Phi) is 3.85. The first-order valence-electron chi connectivity index (χ1n) is 7.56. The summed E-state index contributed by atoms with van der Waals surface area (Å²) in [6, 6.07) is 3.31. The number of amides is 1. The molecule has 1 N–H and O–H groups in total. The summed E-state index contributed by atoms with van der Waals surface area (Å²) in [5.74, 6) is -0.0762. The normalized spacial score (nSPS) is 13.9. The van der Waals surface area contributed by atoms with Crippen molar-refractivity contribution in [2.75, 3.05) is 0 Å². The average Bonchev–Trinajstić information content (AvgIpc) is 3.09. The number of nitrogens with zero attached hydrogens (tertiary/aromatic N) is 5. The monoisotopic (exact) mass is 312 g/mol. The van der Waals surface area contributed by atoms with E-state index >= 15 is 0 Å². The molecule has 0 aliphatic heterocycles. The van der Waals surface area contributed by atoms with Crippen molar-refractivity contribution < 1.29 is 4.79 Å². The van der Waals surface area contributed by atoms with Crippen LogP contribution in [0.1, 0.15) is 37.2 Å². The smallest absolute Gasteiger partial charge is 0.245 e. The Hall–Kier alpha value is -2.70. The molecule has 0 saturated heterocycles. The molecule has 0 spiro atoms. The van der Waals surface area contributed by atoms with Gasteiger partial charge >= 0.3 is 0 Å². The Morgan fingerprint density at radius 3 is 2.57 bits per heavy atom. The lowest BCUT2D eigenvalue weighted by Crippen LogP contribution is -2.33. The predicted octanol–water partition coefficient (Wildman–Crippen LogP) is 1.91. The lowest BCUT2D eigenvalue weighted by Gasteiger charge is -2.18. The molecule has 0 aliphatic carbocycles. The maximum Gasteiger partial charge on any atom is 0.245 e. The van der Waals surface area contributed by atoms with Gasteiger partial charge in [0.2, 0.25) is 5.91 Å². The van der Waals surface area contributed by atoms with Crippen molar-refractivity contribution in [2.45, 2.75) is 32.9 Å². The number of hydrogen-bond donors (Lipinski definition) is 1. The summed E-state index contributed by atoms with van der Waals surface area (Å²) in [4.78, 5) is 16.5. The molecular weight excluding hydrogens is 292 g/mol. The number of rotatable bonds is 4. The average molecular weight is 312 g/mol. The largest absolute Gasteiger partial charge is 0.348 e. The first-order chi connectivity index (χ1) is 11.0. The van der Waals surface area contributed by atoms with Crippen LogP contribution in [0.2, 0.25) is 0 Å². The maximum absolute atomic E-state index is 12.5. The zero-order valence-electron chi connectivity index (χ0n) is 13.7. The molecule has 7 nitrogen and oxygen atoms in total. The molecular formula is C16H20N6O. The Balaban J connectivity index is 1.77. The Morgan fingerprint density at radius 1 is 1.22 bits per heavy atom. The lowest BCUT2D eigenvalue weighted by atomic mass is 10.1. The van der Waals surface area contributed by atoms with Gasteiger partial charge in [-0.2, -0.15) is 10.2 Å². The Bertz CT molecular complexity index is 801. The van der Waals surface area contributed by atoms with Crippen LogP contribution in [-0.4, -0.2) is 30.5 Å². The third-order valence-electron chi connectivity index (χ3n) is 4.05. The molecule has 0 fully saturated rings. The SMILES string of the molecule is Cc1nn(C)c2cn([C@H](C)C(=O)N[C@@H](C)c3ccncc3)nc12. The van der Waals surface area contributed by atoms with Crippen molar-refractivity contribution in [3.8, 4) is 0 Å². The first-order valence-corrected chi connectivity index (χ1v) is 7.56. The van der Waals surface area contributed by atoms with Crippen molar-refractivity contribution >= 4 is 16.9 Å². The summed E-state index contributed by atoms with van der Waals surface area (Å²) < 4.78 is 3.46. The molecule has 3 heterocycles. The molecule has 1 amide bonds. The van der Waals surface area contributed by atoms with Gasteiger partial charge in [0.15, 0.2) is 0 Å². The highest BCUT2D eigenvalue weighted by Gasteiger charge is 2.20. The molecule has 3 aromatic heterocycles. The van der Waals surface area contributed by atoms with Gasteiger partial charge in [0.1, 0.15) is 17.1 Å². The van der Waals surface area contributed by atoms with E-state index in [1.165, 1.54) is 0 Å². The summed E-state index contributed by atoms with van der Waals surface area (Å²) in [7, 11) is 1.87. The highest BCUT2D eigenvalue weighted by Crippen LogP contribution is 2.19. The predicted molar refractivity (Wildman–Crippen MR) is 86.7 cm³/mol. The third-order valence-corrected chi connectivity index (χ3v) is 4.05. The topological polar surface area (TPSA) is 77.6 Å². The molecule has 23 heavy (non-hydrogen) atoms. The molecule has 2 atom stereocenters. The lowest BCUT2D eigenvalue weighted by molar-refractivity contribution is -0.124. The van der Waals surface area contributed by atoms with Gasteiger partial charge in [-0.25, -0.2) is 0 Å². The van der Waals surface area contributed by atoms with E-state index in [2.05, 4.69) is 20.5 Å². The zero-order valence-corrected chi connectivity index (χ0v) is 13.7. The first kappa shape index (κ1) is 15.2. The van der Waals surface area contributed by atoms with E-state index < -0.39 is 6.04 Å². The van der Waals surface area contributed by atoms with Gasteiger partial charge in [0.25, 0.3) is 0 Å². The minimum atomic E-state index is -0.397. The van der Waals surface area contributed by atoms with E-state index in [0.717, 1.165) is 22.3 Å². The second kappa shape index (κ2) is 5.83. The van der Waals surface area contributed by atoms with Gasteiger partial charge in [0, 0.05) is 19.4 Å². The maximum atomic E-state index is 12.5. The number of carbonyl (C=O) groups excluding carboxylic acids is 1. The van der Waals surface area contributed by atoms with Gasteiger partial charge in [-0.1, -0.05) is 0 Å². The second-order valence-electron chi connectivity index (χ2n) is 5.74. The van der Waals surface area contributed by atoms with Crippen LogP contribution in [0.5, 0.6) is 0 Å². The van der Waals surface area contributed by atoms with Crippen LogP contribution in [0.15, 0.2) is 30.7 Å². The van der Waals surface area contributed by atoms with Crippen LogP contribution >= 0.6 is 0 Å². The number of hydrogen-bond acceptors (Lipinski definition) is 4. The zero-order chi connectivity index (χ0) is 16.6. The quantitative estimate of drug-likeness (QED) is 0.798. The number of nitrogens with one attached hydrogen (secondary N) is 1. The van der Waals surface area contributed by atoms with Crippen LogP contribution in [0.4, 0.5) is 0 Å². The summed E-state index contributed by atoms with van der Waals surface area (Å²) in [6.45, 7) is 5.70. The van der Waals surface area contributed by atoms with Crippen LogP contribution in [-0.2, 0) is 11.8 Å². The summed E-state index contributed by atoms with van der Waals surface area (Å²) >= 11 is 0. The van der Waals surface area contributed by atoms with Gasteiger partial charge in [0.05, 0.1) is 17.9 Å². The van der Waals surface area contributed by atoms with Crippen molar-refractivity contribution in [2.24, 2.45) is 7.05 Å². The number of fused-ring (bicyclic) bond motifs is 1.